The molecule has 0 bridgehead atoms. The molecule has 22 heavy (non-hydrogen) atoms. The second kappa shape index (κ2) is 8.32. The summed E-state index contributed by atoms with van der Waals surface area (Å²) in [6.45, 7) is 5.67. The lowest BCUT2D eigenvalue weighted by Crippen LogP contribution is -2.37. The maximum atomic E-state index is 12.3. The van der Waals surface area contributed by atoms with Gasteiger partial charge < -0.3 is 15.0 Å². The van der Waals surface area contributed by atoms with Gasteiger partial charge >= 0.3 is 5.97 Å². The Morgan fingerprint density at radius 3 is 2.32 bits per heavy atom. The fourth-order valence-corrected chi connectivity index (χ4v) is 2.39. The van der Waals surface area contributed by atoms with E-state index in [1.165, 1.54) is 0 Å². The lowest BCUT2D eigenvalue weighted by Gasteiger charge is -2.25. The Balaban J connectivity index is 2.77. The highest BCUT2D eigenvalue weighted by molar-refractivity contribution is 7.98. The van der Waals surface area contributed by atoms with E-state index < -0.39 is 5.60 Å². The van der Waals surface area contributed by atoms with Gasteiger partial charge in [0, 0.05) is 25.5 Å². The normalized spacial score (nSPS) is 12.6. The molecule has 0 saturated heterocycles. The summed E-state index contributed by atoms with van der Waals surface area (Å²) < 4.78 is 5.51. The van der Waals surface area contributed by atoms with Gasteiger partial charge in [0.05, 0.1) is 0 Å². The van der Waals surface area contributed by atoms with Crippen molar-refractivity contribution in [1.29, 1.82) is 0 Å². The summed E-state index contributed by atoms with van der Waals surface area (Å²) in [6, 6.07) is 7.72. The molecule has 0 heterocycles. The van der Waals surface area contributed by atoms with Gasteiger partial charge in [-0.2, -0.15) is 11.8 Å². The van der Waals surface area contributed by atoms with Crippen LogP contribution in [0.25, 0.3) is 0 Å². The summed E-state index contributed by atoms with van der Waals surface area (Å²) in [4.78, 5) is 14.4. The highest BCUT2D eigenvalue weighted by Gasteiger charge is 2.24. The summed E-state index contributed by atoms with van der Waals surface area (Å²) in [5.74, 6) is 0.713. The van der Waals surface area contributed by atoms with Crippen molar-refractivity contribution >= 4 is 29.1 Å². The summed E-state index contributed by atoms with van der Waals surface area (Å²) in [7, 11) is 4.01. The molecule has 1 rings (SSSR count). The van der Waals surface area contributed by atoms with Gasteiger partial charge in [-0.15, -0.1) is 0 Å². The summed E-state index contributed by atoms with van der Waals surface area (Å²) in [6.07, 6.45) is 2.78. The van der Waals surface area contributed by atoms with E-state index in [9.17, 15) is 4.79 Å². The van der Waals surface area contributed by atoms with Crippen LogP contribution in [0, 0.1) is 0 Å². The predicted octanol–water partition coefficient (Wildman–Crippen LogP) is 3.63. The van der Waals surface area contributed by atoms with Gasteiger partial charge in [-0.1, -0.05) is 0 Å². The quantitative estimate of drug-likeness (QED) is 0.776. The fraction of sp³-hybridized carbons (Fsp3) is 0.588. The molecule has 0 saturated carbocycles. The molecule has 0 aliphatic heterocycles. The number of hydrogen-bond acceptors (Lipinski definition) is 5. The van der Waals surface area contributed by atoms with Gasteiger partial charge in [-0.3, -0.25) is 0 Å². The number of nitrogens with zero attached hydrogens (tertiary/aromatic N) is 1. The molecule has 1 aromatic carbocycles. The Bertz CT molecular complexity index is 467. The molecule has 1 aromatic rings. The lowest BCUT2D eigenvalue weighted by molar-refractivity contribution is -0.155. The van der Waals surface area contributed by atoms with Crippen LogP contribution >= 0.6 is 11.8 Å². The van der Waals surface area contributed by atoms with Crippen molar-refractivity contribution in [2.24, 2.45) is 0 Å². The standard InChI is InChI=1S/C17H28N2O2S/c1-17(2,3)21-16(20)15(11-12-22-6)18-13-7-9-14(10-8-13)19(4)5/h7-10,15,18H,11-12H2,1-6H3. The van der Waals surface area contributed by atoms with E-state index in [4.69, 9.17) is 4.74 Å². The molecule has 5 heteroatoms. The number of rotatable bonds is 7. The second-order valence-electron chi connectivity index (χ2n) is 6.45. The van der Waals surface area contributed by atoms with E-state index in [2.05, 4.69) is 5.32 Å². The molecule has 4 nitrogen and oxygen atoms in total. The zero-order chi connectivity index (χ0) is 16.8. The molecule has 0 fully saturated rings. The number of carbonyl (C=O) groups is 1. The molecule has 0 amide bonds. The highest BCUT2D eigenvalue weighted by atomic mass is 32.2. The van der Waals surface area contributed by atoms with Gasteiger partial charge in [0.2, 0.25) is 0 Å². The SMILES string of the molecule is CSCCC(Nc1ccc(N(C)C)cc1)C(=O)OC(C)(C)C. The molecule has 0 radical (unpaired) electrons. The Hall–Kier alpha value is -1.36. The molecule has 1 atom stereocenters. The number of anilines is 2. The minimum atomic E-state index is -0.467. The molecule has 0 aliphatic rings. The maximum Gasteiger partial charge on any atom is 0.329 e. The average molecular weight is 324 g/mol. The summed E-state index contributed by atoms with van der Waals surface area (Å²) in [5.41, 5.74) is 1.59. The minimum Gasteiger partial charge on any atom is -0.458 e. The van der Waals surface area contributed by atoms with Crippen molar-refractivity contribution in [3.63, 3.8) is 0 Å². The first-order chi connectivity index (χ1) is 10.2. The van der Waals surface area contributed by atoms with E-state index in [0.29, 0.717) is 0 Å². The van der Waals surface area contributed by atoms with Crippen LogP contribution in [0.15, 0.2) is 24.3 Å². The van der Waals surface area contributed by atoms with Gasteiger partial charge in [-0.25, -0.2) is 4.79 Å². The molecule has 1 N–H and O–H groups in total. The predicted molar refractivity (Wildman–Crippen MR) is 97.0 cm³/mol. The third-order valence-electron chi connectivity index (χ3n) is 3.03. The number of nitrogens with one attached hydrogen (secondary N) is 1. The number of thioether (sulfide) groups is 1. The van der Waals surface area contributed by atoms with Gasteiger partial charge in [0.25, 0.3) is 0 Å². The van der Waals surface area contributed by atoms with Crippen LogP contribution < -0.4 is 10.2 Å². The van der Waals surface area contributed by atoms with Crippen molar-refractivity contribution < 1.29 is 9.53 Å². The molecular weight excluding hydrogens is 296 g/mol. The summed E-state index contributed by atoms with van der Waals surface area (Å²) >= 11 is 1.73. The molecule has 1 unspecified atom stereocenters. The Morgan fingerprint density at radius 2 is 1.86 bits per heavy atom. The number of carbonyl (C=O) groups excluding carboxylic acids is 1. The molecule has 0 aromatic heterocycles. The number of benzene rings is 1. The average Bonchev–Trinajstić information content (AvgIpc) is 2.42. The first-order valence-electron chi connectivity index (χ1n) is 7.48. The number of ether oxygens (including phenoxy) is 1. The van der Waals surface area contributed by atoms with Crippen molar-refractivity contribution in [3.05, 3.63) is 24.3 Å². The monoisotopic (exact) mass is 324 g/mol. The minimum absolute atomic E-state index is 0.196. The topological polar surface area (TPSA) is 41.6 Å². The molecule has 0 spiro atoms. The third-order valence-corrected chi connectivity index (χ3v) is 3.67. The van der Waals surface area contributed by atoms with E-state index in [1.54, 1.807) is 11.8 Å². The zero-order valence-corrected chi connectivity index (χ0v) is 15.3. The highest BCUT2D eigenvalue weighted by Crippen LogP contribution is 2.19. The zero-order valence-electron chi connectivity index (χ0n) is 14.5. The molecule has 124 valence electrons. The first kappa shape index (κ1) is 18.7. The van der Waals surface area contributed by atoms with Crippen LogP contribution in [0.2, 0.25) is 0 Å². The third kappa shape index (κ3) is 6.60. The van der Waals surface area contributed by atoms with E-state index >= 15 is 0 Å². The number of hydrogen-bond donors (Lipinski definition) is 1. The van der Waals surface area contributed by atoms with Crippen LogP contribution in [0.3, 0.4) is 0 Å². The van der Waals surface area contributed by atoms with E-state index in [-0.39, 0.29) is 12.0 Å². The van der Waals surface area contributed by atoms with Crippen LogP contribution in [-0.4, -0.2) is 43.7 Å². The molecular formula is C17H28N2O2S. The lowest BCUT2D eigenvalue weighted by atomic mass is 10.1. The Kier molecular flexibility index (Phi) is 7.07. The van der Waals surface area contributed by atoms with Gasteiger partial charge in [0.15, 0.2) is 0 Å². The van der Waals surface area contributed by atoms with Crippen molar-refractivity contribution in [3.8, 4) is 0 Å². The molecule has 0 aliphatic carbocycles. The van der Waals surface area contributed by atoms with E-state index in [0.717, 1.165) is 23.5 Å². The second-order valence-corrected chi connectivity index (χ2v) is 7.44. The Morgan fingerprint density at radius 1 is 1.27 bits per heavy atom. The van der Waals surface area contributed by atoms with Crippen LogP contribution in [0.4, 0.5) is 11.4 Å². The fourth-order valence-electron chi connectivity index (χ4n) is 1.91. The van der Waals surface area contributed by atoms with E-state index in [1.807, 2.05) is 70.3 Å². The van der Waals surface area contributed by atoms with Crippen LogP contribution in [-0.2, 0) is 9.53 Å². The largest absolute Gasteiger partial charge is 0.458 e. The Labute approximate surface area is 138 Å². The van der Waals surface area contributed by atoms with Crippen LogP contribution in [0.1, 0.15) is 27.2 Å². The van der Waals surface area contributed by atoms with Gasteiger partial charge in [-0.05, 0) is 63.5 Å². The summed E-state index contributed by atoms with van der Waals surface area (Å²) in [5, 5.41) is 3.30. The van der Waals surface area contributed by atoms with Crippen molar-refractivity contribution in [2.75, 3.05) is 36.3 Å². The first-order valence-corrected chi connectivity index (χ1v) is 8.88. The van der Waals surface area contributed by atoms with Crippen LogP contribution in [0.5, 0.6) is 0 Å². The smallest absolute Gasteiger partial charge is 0.329 e. The van der Waals surface area contributed by atoms with Gasteiger partial charge in [0.1, 0.15) is 11.6 Å². The maximum absolute atomic E-state index is 12.3. The number of esters is 1. The van der Waals surface area contributed by atoms with Crippen molar-refractivity contribution in [2.45, 2.75) is 38.8 Å². The van der Waals surface area contributed by atoms with Crippen molar-refractivity contribution in [1.82, 2.24) is 0 Å².